The maximum atomic E-state index is 6.02. The van der Waals surface area contributed by atoms with Gasteiger partial charge in [0.15, 0.2) is 17.5 Å². The number of methoxy groups -OCH3 is 2. The molecule has 3 rings (SSSR count). The zero-order chi connectivity index (χ0) is 18.4. The number of nitrogens with zero attached hydrogens (tertiary/aromatic N) is 1. The highest BCUT2D eigenvalue weighted by molar-refractivity contribution is 14.0. The molecule has 0 bridgehead atoms. The second-order valence-electron chi connectivity index (χ2n) is 5.88. The number of fused-ring (bicyclic) bond motifs is 1. The van der Waals surface area contributed by atoms with E-state index >= 15 is 0 Å². The van der Waals surface area contributed by atoms with Crippen molar-refractivity contribution in [3.05, 3.63) is 71.8 Å². The quantitative estimate of drug-likeness (QED) is 0.319. The second-order valence-corrected chi connectivity index (χ2v) is 5.88. The van der Waals surface area contributed by atoms with Gasteiger partial charge in [0.1, 0.15) is 0 Å². The van der Waals surface area contributed by atoms with Crippen LogP contribution in [-0.4, -0.2) is 20.2 Å². The van der Waals surface area contributed by atoms with Gasteiger partial charge in [-0.15, -0.1) is 24.0 Å². The largest absolute Gasteiger partial charge is 0.493 e. The van der Waals surface area contributed by atoms with Crippen molar-refractivity contribution >= 4 is 40.7 Å². The molecule has 0 heterocycles. The lowest BCUT2D eigenvalue weighted by molar-refractivity contribution is 0.354. The molecule has 0 unspecified atom stereocenters. The van der Waals surface area contributed by atoms with Gasteiger partial charge >= 0.3 is 0 Å². The highest BCUT2D eigenvalue weighted by Crippen LogP contribution is 2.27. The third-order valence-electron chi connectivity index (χ3n) is 4.22. The van der Waals surface area contributed by atoms with E-state index < -0.39 is 0 Å². The Bertz CT molecular complexity index is 923. The number of hydrogen-bond donors (Lipinski definition) is 2. The summed E-state index contributed by atoms with van der Waals surface area (Å²) >= 11 is 0. The van der Waals surface area contributed by atoms with E-state index in [2.05, 4.69) is 40.6 Å². The van der Waals surface area contributed by atoms with Gasteiger partial charge in [0.2, 0.25) is 0 Å². The van der Waals surface area contributed by atoms with Gasteiger partial charge in [-0.25, -0.2) is 4.99 Å². The molecule has 3 N–H and O–H groups in total. The average Bonchev–Trinajstić information content (AvgIpc) is 2.70. The first kappa shape index (κ1) is 20.8. The van der Waals surface area contributed by atoms with Gasteiger partial charge in [-0.1, -0.05) is 48.5 Å². The molecule has 142 valence electrons. The molecular formula is C21H24IN3O2. The number of aliphatic imine (C=N–C) groups is 1. The lowest BCUT2D eigenvalue weighted by Crippen LogP contribution is -2.31. The molecule has 0 aliphatic rings. The Morgan fingerprint density at radius 1 is 0.963 bits per heavy atom. The highest BCUT2D eigenvalue weighted by atomic mass is 127. The molecule has 3 aromatic rings. The molecule has 27 heavy (non-hydrogen) atoms. The summed E-state index contributed by atoms with van der Waals surface area (Å²) in [5.41, 5.74) is 8.21. The van der Waals surface area contributed by atoms with Crippen molar-refractivity contribution in [2.24, 2.45) is 10.7 Å². The Balaban J connectivity index is 0.00000261. The van der Waals surface area contributed by atoms with Crippen LogP contribution in [-0.2, 0) is 13.1 Å². The molecular weight excluding hydrogens is 453 g/mol. The monoisotopic (exact) mass is 477 g/mol. The molecule has 0 radical (unpaired) electrons. The molecule has 0 saturated heterocycles. The smallest absolute Gasteiger partial charge is 0.189 e. The zero-order valence-corrected chi connectivity index (χ0v) is 17.8. The van der Waals surface area contributed by atoms with Gasteiger partial charge in [-0.3, -0.25) is 0 Å². The minimum atomic E-state index is 0. The van der Waals surface area contributed by atoms with Crippen molar-refractivity contribution in [2.45, 2.75) is 13.1 Å². The number of ether oxygens (including phenoxy) is 2. The van der Waals surface area contributed by atoms with E-state index in [4.69, 9.17) is 15.2 Å². The summed E-state index contributed by atoms with van der Waals surface area (Å²) in [7, 11) is 3.23. The minimum absolute atomic E-state index is 0. The number of halogens is 1. The van der Waals surface area contributed by atoms with E-state index in [1.165, 1.54) is 16.3 Å². The first-order valence-corrected chi connectivity index (χ1v) is 8.42. The van der Waals surface area contributed by atoms with E-state index in [9.17, 15) is 0 Å². The van der Waals surface area contributed by atoms with Gasteiger partial charge in [0.05, 0.1) is 20.8 Å². The highest BCUT2D eigenvalue weighted by Gasteiger charge is 2.05. The molecule has 0 fully saturated rings. The van der Waals surface area contributed by atoms with Crippen LogP contribution < -0.4 is 20.5 Å². The van der Waals surface area contributed by atoms with Gasteiger partial charge < -0.3 is 20.5 Å². The number of nitrogens with two attached hydrogens (primary N) is 1. The SMILES string of the molecule is COc1ccc(CN=C(N)NCc2cccc3ccccc23)cc1OC.I. The van der Waals surface area contributed by atoms with Crippen molar-refractivity contribution < 1.29 is 9.47 Å². The Morgan fingerprint density at radius 3 is 2.48 bits per heavy atom. The second kappa shape index (κ2) is 10.0. The summed E-state index contributed by atoms with van der Waals surface area (Å²) < 4.78 is 10.6. The fraction of sp³-hybridized carbons (Fsp3) is 0.190. The summed E-state index contributed by atoms with van der Waals surface area (Å²) in [5.74, 6) is 1.79. The van der Waals surface area contributed by atoms with Gasteiger partial charge in [-0.05, 0) is 34.0 Å². The van der Waals surface area contributed by atoms with Crippen LogP contribution in [0.4, 0.5) is 0 Å². The predicted octanol–water partition coefficient (Wildman–Crippen LogP) is 4.08. The van der Waals surface area contributed by atoms with Gasteiger partial charge in [-0.2, -0.15) is 0 Å². The van der Waals surface area contributed by atoms with Gasteiger partial charge in [0, 0.05) is 6.54 Å². The van der Waals surface area contributed by atoms with Crippen molar-refractivity contribution in [1.82, 2.24) is 5.32 Å². The predicted molar refractivity (Wildman–Crippen MR) is 121 cm³/mol. The molecule has 0 aliphatic carbocycles. The Kier molecular flexibility index (Phi) is 7.72. The van der Waals surface area contributed by atoms with Crippen LogP contribution >= 0.6 is 24.0 Å². The summed E-state index contributed by atoms with van der Waals surface area (Å²) in [6.07, 6.45) is 0. The van der Waals surface area contributed by atoms with Crippen LogP contribution in [0.15, 0.2) is 65.7 Å². The third kappa shape index (κ3) is 5.26. The van der Waals surface area contributed by atoms with Crippen molar-refractivity contribution in [2.75, 3.05) is 14.2 Å². The average molecular weight is 477 g/mol. The zero-order valence-electron chi connectivity index (χ0n) is 15.4. The first-order valence-electron chi connectivity index (χ1n) is 8.42. The van der Waals surface area contributed by atoms with E-state index in [1.54, 1.807) is 14.2 Å². The molecule has 0 aliphatic heterocycles. The molecule has 0 saturated carbocycles. The molecule has 6 heteroatoms. The number of rotatable bonds is 6. The van der Waals surface area contributed by atoms with E-state index in [-0.39, 0.29) is 24.0 Å². The summed E-state index contributed by atoms with van der Waals surface area (Å²) in [6, 6.07) is 20.3. The van der Waals surface area contributed by atoms with Crippen LogP contribution in [0.3, 0.4) is 0 Å². The van der Waals surface area contributed by atoms with Crippen LogP contribution in [0.5, 0.6) is 11.5 Å². The van der Waals surface area contributed by atoms with Crippen molar-refractivity contribution in [3.63, 3.8) is 0 Å². The molecule has 0 spiro atoms. The standard InChI is InChI=1S/C21H23N3O2.HI/c1-25-19-11-10-15(12-20(19)26-2)13-23-21(22)24-14-17-8-5-7-16-6-3-4-9-18(16)17;/h3-12H,13-14H2,1-2H3,(H3,22,23,24);1H. The van der Waals surface area contributed by atoms with E-state index in [1.807, 2.05) is 30.3 Å². The number of hydrogen-bond acceptors (Lipinski definition) is 3. The number of benzene rings is 3. The Morgan fingerprint density at radius 2 is 1.70 bits per heavy atom. The molecule has 0 aromatic heterocycles. The topological polar surface area (TPSA) is 68.9 Å². The summed E-state index contributed by atoms with van der Waals surface area (Å²) in [4.78, 5) is 4.41. The number of guanidine groups is 1. The van der Waals surface area contributed by atoms with Crippen molar-refractivity contribution in [1.29, 1.82) is 0 Å². The van der Waals surface area contributed by atoms with Crippen LogP contribution in [0.2, 0.25) is 0 Å². The Hall–Kier alpha value is -2.48. The van der Waals surface area contributed by atoms with Crippen LogP contribution in [0.25, 0.3) is 10.8 Å². The lowest BCUT2D eigenvalue weighted by atomic mass is 10.0. The van der Waals surface area contributed by atoms with E-state index in [0.717, 1.165) is 5.56 Å². The maximum absolute atomic E-state index is 6.02. The maximum Gasteiger partial charge on any atom is 0.189 e. The third-order valence-corrected chi connectivity index (χ3v) is 4.22. The summed E-state index contributed by atoms with van der Waals surface area (Å²) in [5, 5.41) is 5.62. The molecule has 3 aromatic carbocycles. The van der Waals surface area contributed by atoms with Crippen molar-refractivity contribution in [3.8, 4) is 11.5 Å². The van der Waals surface area contributed by atoms with Crippen LogP contribution in [0, 0.1) is 0 Å². The summed E-state index contributed by atoms with van der Waals surface area (Å²) in [6.45, 7) is 1.09. The van der Waals surface area contributed by atoms with Crippen LogP contribution in [0.1, 0.15) is 11.1 Å². The lowest BCUT2D eigenvalue weighted by Gasteiger charge is -2.10. The molecule has 0 atom stereocenters. The minimum Gasteiger partial charge on any atom is -0.493 e. The van der Waals surface area contributed by atoms with Gasteiger partial charge in [0.25, 0.3) is 0 Å². The Labute approximate surface area is 176 Å². The first-order chi connectivity index (χ1) is 12.7. The molecule has 5 nitrogen and oxygen atoms in total. The normalized spacial score (nSPS) is 11.0. The fourth-order valence-corrected chi connectivity index (χ4v) is 2.84. The van der Waals surface area contributed by atoms with E-state index in [0.29, 0.717) is 30.5 Å². The number of nitrogens with one attached hydrogen (secondary N) is 1. The fourth-order valence-electron chi connectivity index (χ4n) is 2.84. The molecule has 0 amide bonds.